The number of rotatable bonds is 11. The number of nitrogens with zero attached hydrogens (tertiary/aromatic N) is 2. The van der Waals surface area contributed by atoms with Crippen LogP contribution in [0.15, 0.2) is 59.5 Å². The first-order chi connectivity index (χ1) is 20.5. The first kappa shape index (κ1) is 31.4. The number of sulfonamides is 1. The van der Waals surface area contributed by atoms with E-state index in [4.69, 9.17) is 11.1 Å². The van der Waals surface area contributed by atoms with Gasteiger partial charge in [0.05, 0.1) is 11.4 Å². The van der Waals surface area contributed by atoms with Gasteiger partial charge in [0.1, 0.15) is 18.1 Å². The topological polar surface area (TPSA) is 215 Å². The predicted octanol–water partition coefficient (Wildman–Crippen LogP) is -0.254. The number of piperidine rings is 1. The molecule has 2 aliphatic heterocycles. The van der Waals surface area contributed by atoms with E-state index in [1.165, 1.54) is 17.0 Å². The largest absolute Gasteiger partial charge is 0.480 e. The van der Waals surface area contributed by atoms with E-state index in [1.807, 2.05) is 0 Å². The molecule has 15 heteroatoms. The average molecular weight is 614 g/mol. The van der Waals surface area contributed by atoms with Gasteiger partial charge < -0.3 is 31.7 Å². The smallest absolute Gasteiger partial charge is 0.326 e. The monoisotopic (exact) mass is 613 g/mol. The van der Waals surface area contributed by atoms with Crippen LogP contribution in [0.2, 0.25) is 0 Å². The number of aliphatic carboxylic acids is 1. The van der Waals surface area contributed by atoms with Gasteiger partial charge >= 0.3 is 5.97 Å². The molecule has 0 spiro atoms. The Bertz CT molecular complexity index is 1470. The quantitative estimate of drug-likeness (QED) is 0.145. The minimum Gasteiger partial charge on any atom is -0.480 e. The van der Waals surface area contributed by atoms with Crippen molar-refractivity contribution in [2.24, 2.45) is 5.73 Å². The van der Waals surface area contributed by atoms with Crippen LogP contribution in [-0.2, 0) is 35.6 Å². The van der Waals surface area contributed by atoms with Gasteiger partial charge in [0.15, 0.2) is 5.96 Å². The van der Waals surface area contributed by atoms with Gasteiger partial charge in [0.2, 0.25) is 27.7 Å². The molecule has 0 saturated carbocycles. The molecule has 2 saturated heterocycles. The molecule has 4 rings (SSSR count). The molecular formula is C28H35N7O7S. The highest BCUT2D eigenvalue weighted by molar-refractivity contribution is 7.89. The fraction of sp³-hybridized carbons (Fsp3) is 0.393. The van der Waals surface area contributed by atoms with Gasteiger partial charge in [-0.05, 0) is 55.5 Å². The first-order valence-electron chi connectivity index (χ1n) is 13.8. The van der Waals surface area contributed by atoms with Crippen molar-refractivity contribution in [2.45, 2.75) is 55.1 Å². The van der Waals surface area contributed by atoms with Gasteiger partial charge in [0, 0.05) is 25.2 Å². The van der Waals surface area contributed by atoms with Gasteiger partial charge in [-0.25, -0.2) is 13.2 Å². The van der Waals surface area contributed by atoms with Crippen molar-refractivity contribution in [1.29, 1.82) is 5.41 Å². The second-order valence-electron chi connectivity index (χ2n) is 10.4. The number of carboxylic acids is 1. The third kappa shape index (κ3) is 7.67. The van der Waals surface area contributed by atoms with E-state index in [0.717, 1.165) is 4.31 Å². The van der Waals surface area contributed by atoms with Crippen molar-refractivity contribution < 1.29 is 32.7 Å². The molecule has 43 heavy (non-hydrogen) atoms. The molecule has 2 heterocycles. The lowest BCUT2D eigenvalue weighted by molar-refractivity contribution is -0.142. The molecule has 0 radical (unpaired) electrons. The Morgan fingerprint density at radius 2 is 1.70 bits per heavy atom. The zero-order chi connectivity index (χ0) is 31.1. The van der Waals surface area contributed by atoms with E-state index < -0.39 is 45.9 Å². The van der Waals surface area contributed by atoms with Gasteiger partial charge in [-0.2, -0.15) is 4.31 Å². The van der Waals surface area contributed by atoms with Crippen LogP contribution in [0, 0.1) is 5.41 Å². The van der Waals surface area contributed by atoms with Crippen molar-refractivity contribution in [3.8, 4) is 0 Å². The number of guanidine groups is 1. The lowest BCUT2D eigenvalue weighted by atomic mass is 10.0. The lowest BCUT2D eigenvalue weighted by Gasteiger charge is -2.32. The second-order valence-corrected chi connectivity index (χ2v) is 12.3. The molecule has 7 N–H and O–H groups in total. The molecular weight excluding hydrogens is 578 g/mol. The molecule has 14 nitrogen and oxygen atoms in total. The highest BCUT2D eigenvalue weighted by Gasteiger charge is 2.40. The van der Waals surface area contributed by atoms with E-state index in [1.54, 1.807) is 42.5 Å². The van der Waals surface area contributed by atoms with Crippen LogP contribution in [0.25, 0.3) is 0 Å². The Morgan fingerprint density at radius 1 is 1.02 bits per heavy atom. The van der Waals surface area contributed by atoms with Crippen molar-refractivity contribution in [1.82, 2.24) is 20.3 Å². The van der Waals surface area contributed by atoms with Crippen LogP contribution in [0.4, 0.5) is 5.69 Å². The summed E-state index contributed by atoms with van der Waals surface area (Å²) in [6.45, 7) is 0.369. The van der Waals surface area contributed by atoms with Gasteiger partial charge in [-0.15, -0.1) is 0 Å². The molecule has 0 aliphatic carbocycles. The third-order valence-electron chi connectivity index (χ3n) is 7.37. The van der Waals surface area contributed by atoms with E-state index in [9.17, 15) is 32.7 Å². The summed E-state index contributed by atoms with van der Waals surface area (Å²) >= 11 is 0. The Kier molecular flexibility index (Phi) is 9.98. The molecule has 1 unspecified atom stereocenters. The van der Waals surface area contributed by atoms with Crippen molar-refractivity contribution in [3.63, 3.8) is 0 Å². The maximum Gasteiger partial charge on any atom is 0.326 e. The Morgan fingerprint density at radius 3 is 2.35 bits per heavy atom. The first-order valence-corrected chi connectivity index (χ1v) is 15.3. The number of amides is 3. The number of hydrogen-bond donors (Lipinski definition) is 6. The fourth-order valence-corrected chi connectivity index (χ4v) is 6.90. The van der Waals surface area contributed by atoms with Crippen molar-refractivity contribution in [2.75, 3.05) is 24.5 Å². The lowest BCUT2D eigenvalue weighted by Crippen LogP contribution is -2.54. The van der Waals surface area contributed by atoms with E-state index >= 15 is 0 Å². The SMILES string of the molecule is N=C(N)NCC(=O)NC1CCCN(c2ccc(C[C@H](NC(=O)[C@@H]3CCCN3S(=O)(=O)c3ccccc3)C(=O)O)cc2)C1=O. The summed E-state index contributed by atoms with van der Waals surface area (Å²) in [5, 5.41) is 24.5. The normalized spacial score (nSPS) is 19.8. The Hall–Kier alpha value is -4.50. The molecule has 3 amide bonds. The molecule has 2 fully saturated rings. The molecule has 0 bridgehead atoms. The minimum absolute atomic E-state index is 0.0602. The standard InChI is InChI=1S/C28H35N7O7S/c29-28(30)31-17-24(36)32-21-8-4-14-34(26(21)38)19-12-10-18(11-13-19)16-22(27(39)40)33-25(37)23-9-5-15-35(23)43(41,42)20-6-2-1-3-7-20/h1-3,6-7,10-13,21-23H,4-5,8-9,14-17H2,(H,32,36)(H,33,37)(H,39,40)(H4,29,30,31)/t21?,22-,23-/m0/s1. The Balaban J connectivity index is 1.39. The summed E-state index contributed by atoms with van der Waals surface area (Å²) in [6.07, 6.45) is 1.79. The molecule has 2 aliphatic rings. The van der Waals surface area contributed by atoms with E-state index in [-0.39, 0.29) is 42.7 Å². The number of nitrogens with two attached hydrogens (primary N) is 1. The second kappa shape index (κ2) is 13.6. The van der Waals surface area contributed by atoms with Gasteiger partial charge in [0.25, 0.3) is 0 Å². The number of nitrogens with one attached hydrogen (secondary N) is 4. The number of carboxylic acid groups (broad SMARTS) is 1. The van der Waals surface area contributed by atoms with Crippen LogP contribution >= 0.6 is 0 Å². The van der Waals surface area contributed by atoms with Crippen LogP contribution in [0.1, 0.15) is 31.2 Å². The van der Waals surface area contributed by atoms with Crippen molar-refractivity contribution >= 4 is 45.4 Å². The zero-order valence-electron chi connectivity index (χ0n) is 23.4. The molecule has 0 aromatic heterocycles. The highest BCUT2D eigenvalue weighted by atomic mass is 32.2. The van der Waals surface area contributed by atoms with Crippen LogP contribution in [-0.4, -0.2) is 85.2 Å². The summed E-state index contributed by atoms with van der Waals surface area (Å²) in [5.41, 5.74) is 6.34. The van der Waals surface area contributed by atoms with Crippen LogP contribution in [0.5, 0.6) is 0 Å². The van der Waals surface area contributed by atoms with E-state index in [2.05, 4.69) is 16.0 Å². The van der Waals surface area contributed by atoms with Gasteiger partial charge in [-0.3, -0.25) is 19.8 Å². The maximum absolute atomic E-state index is 13.1. The summed E-state index contributed by atoms with van der Waals surface area (Å²) in [5.74, 6) is -3.06. The summed E-state index contributed by atoms with van der Waals surface area (Å²) in [7, 11) is -3.93. The zero-order valence-corrected chi connectivity index (χ0v) is 24.2. The maximum atomic E-state index is 13.1. The fourth-order valence-electron chi connectivity index (χ4n) is 5.22. The molecule has 2 aromatic carbocycles. The van der Waals surface area contributed by atoms with Crippen LogP contribution in [0.3, 0.4) is 0 Å². The number of hydrogen-bond acceptors (Lipinski definition) is 7. The van der Waals surface area contributed by atoms with Crippen LogP contribution < -0.4 is 26.6 Å². The Labute approximate surface area is 249 Å². The molecule has 2 aromatic rings. The number of anilines is 1. The van der Waals surface area contributed by atoms with Crippen molar-refractivity contribution in [3.05, 3.63) is 60.2 Å². The summed E-state index contributed by atoms with van der Waals surface area (Å²) in [4.78, 5) is 51.9. The average Bonchev–Trinajstić information content (AvgIpc) is 3.49. The molecule has 230 valence electrons. The summed E-state index contributed by atoms with van der Waals surface area (Å²) in [6, 6.07) is 11.4. The number of carbonyl (C=O) groups is 4. The predicted molar refractivity (Wildman–Crippen MR) is 157 cm³/mol. The highest BCUT2D eigenvalue weighted by Crippen LogP contribution is 2.27. The minimum atomic E-state index is -3.93. The molecule has 3 atom stereocenters. The summed E-state index contributed by atoms with van der Waals surface area (Å²) < 4.78 is 27.4. The van der Waals surface area contributed by atoms with Gasteiger partial charge in [-0.1, -0.05) is 30.3 Å². The van der Waals surface area contributed by atoms with E-state index in [0.29, 0.717) is 37.1 Å². The number of benzene rings is 2. The third-order valence-corrected chi connectivity index (χ3v) is 9.29. The number of carbonyl (C=O) groups excluding carboxylic acids is 3.